The van der Waals surface area contributed by atoms with E-state index in [2.05, 4.69) is 36.4 Å². The van der Waals surface area contributed by atoms with Crippen LogP contribution in [0.4, 0.5) is 20.2 Å². The van der Waals surface area contributed by atoms with Gasteiger partial charge in [-0.2, -0.15) is 5.10 Å². The van der Waals surface area contributed by atoms with E-state index in [-0.39, 0.29) is 29.3 Å². The highest BCUT2D eigenvalue weighted by atomic mass is 19.3. The minimum atomic E-state index is -2.74. The highest BCUT2D eigenvalue weighted by molar-refractivity contribution is 6.02. The third-order valence-corrected chi connectivity index (χ3v) is 15.3. The average Bonchev–Trinajstić information content (AvgIpc) is 3.99. The number of halogens is 2. The van der Waals surface area contributed by atoms with Crippen molar-refractivity contribution in [2.45, 2.75) is 82.6 Å². The van der Waals surface area contributed by atoms with Crippen LogP contribution in [0.5, 0.6) is 0 Å². The Bertz CT molecular complexity index is 2640. The maximum Gasteiger partial charge on any atom is 0.329 e. The molecule has 7 heterocycles. The van der Waals surface area contributed by atoms with Gasteiger partial charge in [-0.1, -0.05) is 19.1 Å². The number of nitrogens with zero attached hydrogens (tertiary/aromatic N) is 6. The number of hydrogen-bond acceptors (Lipinski definition) is 7. The van der Waals surface area contributed by atoms with E-state index in [4.69, 9.17) is 0 Å². The minimum absolute atomic E-state index is 0.197. The van der Waals surface area contributed by atoms with E-state index in [9.17, 15) is 19.2 Å². The summed E-state index contributed by atoms with van der Waals surface area (Å²) >= 11 is 0. The highest BCUT2D eigenvalue weighted by Gasteiger charge is 2.70. The van der Waals surface area contributed by atoms with E-state index in [1.165, 1.54) is 0 Å². The SMILES string of the molecule is Cn1c(=O)n(C2CCC(=O)NC2=O)c2cccc(N3CCC(CN4CCC5(CC4)CCN(c4ccc6cc(-c7n[nH]c8c7C7C[C@@](C)(C8)C7(F)F)[nH]c6c4)C5=O)CC3)c21. The van der Waals surface area contributed by atoms with Gasteiger partial charge < -0.3 is 19.7 Å². The van der Waals surface area contributed by atoms with Crippen molar-refractivity contribution in [1.29, 1.82) is 0 Å². The quantitative estimate of drug-likeness (QED) is 0.190. The van der Waals surface area contributed by atoms with Gasteiger partial charge in [-0.15, -0.1) is 0 Å². The Hall–Kier alpha value is -5.31. The van der Waals surface area contributed by atoms with Crippen LogP contribution in [0.3, 0.4) is 0 Å². The van der Waals surface area contributed by atoms with Crippen molar-refractivity contribution in [2.75, 3.05) is 49.1 Å². The van der Waals surface area contributed by atoms with Crippen molar-refractivity contribution in [3.63, 3.8) is 0 Å². The fourth-order valence-electron chi connectivity index (χ4n) is 11.7. The first-order valence-electron chi connectivity index (χ1n) is 21.3. The number of likely N-dealkylation sites (tertiary alicyclic amines) is 1. The van der Waals surface area contributed by atoms with Crippen LogP contribution in [0.2, 0.25) is 0 Å². The molecule has 13 nitrogen and oxygen atoms in total. The number of nitrogens with one attached hydrogen (secondary N) is 3. The van der Waals surface area contributed by atoms with Crippen molar-refractivity contribution in [3.05, 3.63) is 64.2 Å². The molecule has 4 aliphatic heterocycles. The largest absolute Gasteiger partial charge is 0.370 e. The fourth-order valence-corrected chi connectivity index (χ4v) is 11.7. The van der Waals surface area contributed by atoms with Crippen molar-refractivity contribution < 1.29 is 23.2 Å². The van der Waals surface area contributed by atoms with E-state index >= 15 is 8.78 Å². The number of hydrogen-bond donors (Lipinski definition) is 3. The molecule has 4 saturated heterocycles. The fraction of sp³-hybridized carbons (Fsp3) is 0.523. The molecule has 3 aliphatic carbocycles. The Balaban J connectivity index is 0.723. The molecule has 59 heavy (non-hydrogen) atoms. The zero-order valence-corrected chi connectivity index (χ0v) is 33.5. The number of para-hydroxylation sites is 1. The van der Waals surface area contributed by atoms with Crippen LogP contribution < -0.4 is 20.8 Å². The predicted octanol–water partition coefficient (Wildman–Crippen LogP) is 5.61. The summed E-state index contributed by atoms with van der Waals surface area (Å²) < 4.78 is 33.4. The lowest BCUT2D eigenvalue weighted by Gasteiger charge is -2.56. The number of alkyl halides is 2. The van der Waals surface area contributed by atoms with E-state index in [1.54, 1.807) is 23.1 Å². The number of aryl methyl sites for hydroxylation is 1. The van der Waals surface area contributed by atoms with E-state index in [1.807, 2.05) is 41.3 Å². The molecule has 12 rings (SSSR count). The van der Waals surface area contributed by atoms with Gasteiger partial charge in [0.2, 0.25) is 17.7 Å². The van der Waals surface area contributed by atoms with Crippen LogP contribution in [0.25, 0.3) is 33.3 Å². The van der Waals surface area contributed by atoms with Gasteiger partial charge in [-0.25, -0.2) is 13.6 Å². The molecule has 3 N–H and O–H groups in total. The van der Waals surface area contributed by atoms with Gasteiger partial charge >= 0.3 is 5.69 Å². The molecule has 2 unspecified atom stereocenters. The monoisotopic (exact) mass is 805 g/mol. The average molecular weight is 806 g/mol. The van der Waals surface area contributed by atoms with Gasteiger partial charge in [0.15, 0.2) is 0 Å². The zero-order valence-electron chi connectivity index (χ0n) is 33.5. The molecule has 1 spiro atoms. The number of carbonyl (C=O) groups excluding carboxylic acids is 3. The van der Waals surface area contributed by atoms with Crippen LogP contribution in [-0.4, -0.2) is 92.1 Å². The van der Waals surface area contributed by atoms with Gasteiger partial charge in [0.25, 0.3) is 5.92 Å². The number of benzene rings is 2. The number of fused-ring (bicyclic) bond motifs is 2. The molecule has 308 valence electrons. The molecule has 1 saturated carbocycles. The van der Waals surface area contributed by atoms with Crippen molar-refractivity contribution in [2.24, 2.45) is 23.8 Å². The zero-order chi connectivity index (χ0) is 40.6. The molecule has 2 aromatic carbocycles. The van der Waals surface area contributed by atoms with Gasteiger partial charge in [0.05, 0.1) is 33.7 Å². The van der Waals surface area contributed by atoms with E-state index in [0.29, 0.717) is 54.2 Å². The van der Waals surface area contributed by atoms with Gasteiger partial charge in [0, 0.05) is 79.3 Å². The number of anilines is 2. The summed E-state index contributed by atoms with van der Waals surface area (Å²) in [5.41, 5.74) is 5.35. The number of imide groups is 1. The lowest BCUT2D eigenvalue weighted by Crippen LogP contribution is -2.59. The highest BCUT2D eigenvalue weighted by Crippen LogP contribution is 2.68. The summed E-state index contributed by atoms with van der Waals surface area (Å²) in [5.74, 6) is -3.56. The van der Waals surface area contributed by atoms with Gasteiger partial charge in [-0.3, -0.25) is 33.9 Å². The number of carbonyl (C=O) groups is 3. The molecular formula is C44H49F2N9O4. The molecule has 15 heteroatoms. The Kier molecular flexibility index (Phi) is 8.00. The minimum Gasteiger partial charge on any atom is -0.370 e. The smallest absolute Gasteiger partial charge is 0.329 e. The van der Waals surface area contributed by atoms with Crippen LogP contribution >= 0.6 is 0 Å². The molecule has 3 atom stereocenters. The standard InChI is InChI=1S/C44H49F2N9O4/c1-42-22-28(44(42,45)46)36-31(23-42)49-50-37(36)30-20-26-6-7-27(21-29(26)47-30)54-19-14-43(40(54)58)12-17-52(18-13-43)24-25-10-15-53(16-11-25)32-4-3-5-33-38(32)51(2)41(59)55(33)34-8-9-35(56)48-39(34)57/h3-7,20-21,25,28,34,47H,8-19,22-24H2,1-2H3,(H,49,50)(H,48,56,57)/t28?,34?,42-/m0/s1. The number of aromatic amines is 2. The Morgan fingerprint density at radius 2 is 1.71 bits per heavy atom. The van der Waals surface area contributed by atoms with E-state index in [0.717, 1.165) is 98.3 Å². The molecule has 0 radical (unpaired) electrons. The van der Waals surface area contributed by atoms with Crippen LogP contribution in [-0.2, 0) is 27.9 Å². The third-order valence-electron chi connectivity index (χ3n) is 15.3. The molecule has 3 amide bonds. The van der Waals surface area contributed by atoms with Crippen molar-refractivity contribution >= 4 is 51.0 Å². The summed E-state index contributed by atoms with van der Waals surface area (Å²) in [4.78, 5) is 62.4. The molecule has 5 fully saturated rings. The van der Waals surface area contributed by atoms with Crippen LogP contribution in [0, 0.1) is 16.7 Å². The number of amides is 3. The lowest BCUT2D eigenvalue weighted by atomic mass is 9.51. The van der Waals surface area contributed by atoms with E-state index < -0.39 is 29.2 Å². The number of H-pyrrole nitrogens is 2. The molecule has 5 aromatic rings. The Labute approximate surface area is 339 Å². The predicted molar refractivity (Wildman–Crippen MR) is 219 cm³/mol. The topological polar surface area (TPSA) is 144 Å². The number of piperidine rings is 3. The van der Waals surface area contributed by atoms with Crippen molar-refractivity contribution in [1.82, 2.24) is 34.5 Å². The van der Waals surface area contributed by atoms with Gasteiger partial charge in [0.1, 0.15) is 11.7 Å². The second-order valence-electron chi connectivity index (χ2n) is 18.6. The van der Waals surface area contributed by atoms with Crippen LogP contribution in [0.1, 0.15) is 81.5 Å². The molecule has 2 bridgehead atoms. The third kappa shape index (κ3) is 5.38. The number of imidazole rings is 1. The maximum atomic E-state index is 15.1. The van der Waals surface area contributed by atoms with Crippen molar-refractivity contribution in [3.8, 4) is 11.4 Å². The Morgan fingerprint density at radius 3 is 2.47 bits per heavy atom. The first-order chi connectivity index (χ1) is 28.3. The lowest BCUT2D eigenvalue weighted by molar-refractivity contribution is -0.220. The normalized spacial score (nSPS) is 26.9. The summed E-state index contributed by atoms with van der Waals surface area (Å²) in [6, 6.07) is 13.2. The van der Waals surface area contributed by atoms with Crippen LogP contribution in [0.15, 0.2) is 47.3 Å². The summed E-state index contributed by atoms with van der Waals surface area (Å²) in [7, 11) is 1.75. The first-order valence-corrected chi connectivity index (χ1v) is 21.3. The second kappa shape index (κ2) is 12.8. The second-order valence-corrected chi connectivity index (χ2v) is 18.6. The molecule has 3 aromatic heterocycles. The Morgan fingerprint density at radius 1 is 0.932 bits per heavy atom. The molecular weight excluding hydrogens is 757 g/mol. The number of rotatable bonds is 6. The molecule has 7 aliphatic rings. The summed E-state index contributed by atoms with van der Waals surface area (Å²) in [6.07, 6.45) is 5.83. The summed E-state index contributed by atoms with van der Waals surface area (Å²) in [5, 5.41) is 10.9. The maximum absolute atomic E-state index is 15.1. The summed E-state index contributed by atoms with van der Waals surface area (Å²) in [6.45, 7) is 6.84. The van der Waals surface area contributed by atoms with Gasteiger partial charge in [-0.05, 0) is 94.3 Å². The number of aromatic nitrogens is 5. The first kappa shape index (κ1) is 36.7.